The lowest BCUT2D eigenvalue weighted by Gasteiger charge is -2.12. The third-order valence-corrected chi connectivity index (χ3v) is 3.48. The average molecular weight is 257 g/mol. The summed E-state index contributed by atoms with van der Waals surface area (Å²) >= 11 is 6.11. The van der Waals surface area contributed by atoms with Crippen LogP contribution in [0.25, 0.3) is 0 Å². The Bertz CT molecular complexity index is 404. The van der Waals surface area contributed by atoms with Gasteiger partial charge in [-0.3, -0.25) is 4.79 Å². The molecule has 0 N–H and O–H groups in total. The molecule has 92 valence electrons. The van der Waals surface area contributed by atoms with Gasteiger partial charge < -0.3 is 4.74 Å². The number of alkyl halides is 1. The van der Waals surface area contributed by atoms with Crippen LogP contribution in [0, 0.1) is 11.7 Å². The molecule has 1 fully saturated rings. The van der Waals surface area contributed by atoms with Crippen molar-refractivity contribution in [1.82, 2.24) is 0 Å². The highest BCUT2D eigenvalue weighted by atomic mass is 35.5. The molecule has 0 bridgehead atoms. The van der Waals surface area contributed by atoms with Crippen molar-refractivity contribution in [2.45, 2.75) is 24.8 Å². The second-order valence-corrected chi connectivity index (χ2v) is 4.83. The summed E-state index contributed by atoms with van der Waals surface area (Å²) in [6.45, 7) is 2.37. The molecule has 0 radical (unpaired) electrons. The van der Waals surface area contributed by atoms with Crippen LogP contribution in [0.2, 0.25) is 0 Å². The summed E-state index contributed by atoms with van der Waals surface area (Å²) in [6.07, 6.45) is 0.824. The second kappa shape index (κ2) is 5.15. The first kappa shape index (κ1) is 12.5. The van der Waals surface area contributed by atoms with Gasteiger partial charge in [-0.15, -0.1) is 11.6 Å². The van der Waals surface area contributed by atoms with Gasteiger partial charge in [0.05, 0.1) is 12.7 Å². The minimum absolute atomic E-state index is 0.0392. The van der Waals surface area contributed by atoms with Crippen LogP contribution in [-0.2, 0) is 9.53 Å². The molecule has 1 aromatic carbocycles. The predicted octanol–water partition coefficient (Wildman–Crippen LogP) is 3.10. The fraction of sp³-hybridized carbons (Fsp3) is 0.462. The molecule has 4 heteroatoms. The molecule has 2 rings (SSSR count). The molecule has 0 aliphatic carbocycles. The van der Waals surface area contributed by atoms with Gasteiger partial charge in [0.25, 0.3) is 0 Å². The van der Waals surface area contributed by atoms with Crippen molar-refractivity contribution in [3.05, 3.63) is 35.6 Å². The van der Waals surface area contributed by atoms with E-state index >= 15 is 0 Å². The van der Waals surface area contributed by atoms with Gasteiger partial charge in [-0.25, -0.2) is 4.39 Å². The third-order valence-electron chi connectivity index (χ3n) is 3.01. The minimum atomic E-state index is -0.713. The van der Waals surface area contributed by atoms with E-state index in [9.17, 15) is 9.18 Å². The summed E-state index contributed by atoms with van der Waals surface area (Å²) in [5.74, 6) is -0.511. The molecule has 1 heterocycles. The van der Waals surface area contributed by atoms with E-state index in [-0.39, 0.29) is 23.6 Å². The van der Waals surface area contributed by atoms with Gasteiger partial charge in [0.2, 0.25) is 0 Å². The number of ketones is 1. The number of rotatable bonds is 3. The molecule has 1 aromatic rings. The lowest BCUT2D eigenvalue weighted by atomic mass is 9.95. The Labute approximate surface area is 105 Å². The number of halogens is 2. The van der Waals surface area contributed by atoms with Gasteiger partial charge in [0, 0.05) is 5.92 Å². The van der Waals surface area contributed by atoms with Crippen molar-refractivity contribution in [2.24, 2.45) is 5.92 Å². The maximum Gasteiger partial charge on any atom is 0.160 e. The summed E-state index contributed by atoms with van der Waals surface area (Å²) in [5, 5.41) is -0.713. The number of Topliss-reactive ketones (excluding diaryl/α,β-unsaturated/α-hetero) is 1. The minimum Gasteiger partial charge on any atom is -0.378 e. The Balaban J connectivity index is 2.06. The summed E-state index contributed by atoms with van der Waals surface area (Å²) in [6, 6.07) is 5.71. The number of hydrogen-bond acceptors (Lipinski definition) is 2. The highest BCUT2D eigenvalue weighted by Gasteiger charge is 2.32. The summed E-state index contributed by atoms with van der Waals surface area (Å²) < 4.78 is 18.1. The number of benzene rings is 1. The van der Waals surface area contributed by atoms with Gasteiger partial charge in [-0.05, 0) is 31.0 Å². The molecule has 0 spiro atoms. The van der Waals surface area contributed by atoms with Crippen LogP contribution in [0.15, 0.2) is 24.3 Å². The Morgan fingerprint density at radius 3 is 2.65 bits per heavy atom. The SMILES string of the molecule is CC1CC(C(=O)C(Cl)c2ccc(F)cc2)CO1. The predicted molar refractivity (Wildman–Crippen MR) is 63.5 cm³/mol. The maximum absolute atomic E-state index is 12.8. The van der Waals surface area contributed by atoms with E-state index in [1.807, 2.05) is 6.92 Å². The molecule has 3 unspecified atom stereocenters. The normalized spacial score (nSPS) is 25.8. The topological polar surface area (TPSA) is 26.3 Å². The first-order valence-electron chi connectivity index (χ1n) is 5.63. The fourth-order valence-electron chi connectivity index (χ4n) is 2.02. The molecular formula is C13H14ClFO2. The number of carbonyl (C=O) groups excluding carboxylic acids is 1. The molecule has 1 aliphatic rings. The lowest BCUT2D eigenvalue weighted by molar-refractivity contribution is -0.122. The van der Waals surface area contributed by atoms with Crippen LogP contribution >= 0.6 is 11.6 Å². The van der Waals surface area contributed by atoms with E-state index in [2.05, 4.69) is 0 Å². The molecule has 0 aromatic heterocycles. The van der Waals surface area contributed by atoms with E-state index in [0.717, 1.165) is 0 Å². The fourth-order valence-corrected chi connectivity index (χ4v) is 2.34. The van der Waals surface area contributed by atoms with Crippen molar-refractivity contribution in [3.8, 4) is 0 Å². The summed E-state index contributed by atoms with van der Waals surface area (Å²) in [7, 11) is 0. The van der Waals surface area contributed by atoms with Crippen molar-refractivity contribution in [2.75, 3.05) is 6.61 Å². The monoisotopic (exact) mass is 256 g/mol. The van der Waals surface area contributed by atoms with E-state index in [1.165, 1.54) is 12.1 Å². The molecule has 17 heavy (non-hydrogen) atoms. The van der Waals surface area contributed by atoms with E-state index in [1.54, 1.807) is 12.1 Å². The highest BCUT2D eigenvalue weighted by Crippen LogP contribution is 2.30. The van der Waals surface area contributed by atoms with Gasteiger partial charge in [-0.1, -0.05) is 12.1 Å². The van der Waals surface area contributed by atoms with Crippen LogP contribution in [0.5, 0.6) is 0 Å². The Morgan fingerprint density at radius 1 is 1.47 bits per heavy atom. The van der Waals surface area contributed by atoms with Gasteiger partial charge in [0.15, 0.2) is 5.78 Å². The third kappa shape index (κ3) is 2.85. The lowest BCUT2D eigenvalue weighted by Crippen LogP contribution is -2.19. The van der Waals surface area contributed by atoms with Crippen molar-refractivity contribution in [3.63, 3.8) is 0 Å². The molecule has 1 saturated heterocycles. The van der Waals surface area contributed by atoms with Crippen molar-refractivity contribution in [1.29, 1.82) is 0 Å². The van der Waals surface area contributed by atoms with E-state index in [0.29, 0.717) is 18.6 Å². The standard InChI is InChI=1S/C13H14ClFO2/c1-8-6-10(7-17-8)13(16)12(14)9-2-4-11(15)5-3-9/h2-5,8,10,12H,6-7H2,1H3. The van der Waals surface area contributed by atoms with Gasteiger partial charge in [0.1, 0.15) is 11.2 Å². The average Bonchev–Trinajstić information content (AvgIpc) is 2.75. The van der Waals surface area contributed by atoms with E-state index < -0.39 is 5.38 Å². The first-order valence-corrected chi connectivity index (χ1v) is 6.06. The van der Waals surface area contributed by atoms with Crippen molar-refractivity contribution >= 4 is 17.4 Å². The van der Waals surface area contributed by atoms with Crippen LogP contribution < -0.4 is 0 Å². The molecule has 0 amide bonds. The molecule has 1 aliphatic heterocycles. The van der Waals surface area contributed by atoms with Gasteiger partial charge >= 0.3 is 0 Å². The number of ether oxygens (including phenoxy) is 1. The zero-order valence-corrected chi connectivity index (χ0v) is 10.3. The molecular weight excluding hydrogens is 243 g/mol. The van der Waals surface area contributed by atoms with Crippen molar-refractivity contribution < 1.29 is 13.9 Å². The van der Waals surface area contributed by atoms with Crippen LogP contribution in [0.1, 0.15) is 24.3 Å². The van der Waals surface area contributed by atoms with E-state index in [4.69, 9.17) is 16.3 Å². The van der Waals surface area contributed by atoms with Crippen LogP contribution in [0.3, 0.4) is 0 Å². The number of carbonyl (C=O) groups is 1. The molecule has 3 atom stereocenters. The Kier molecular flexibility index (Phi) is 3.79. The smallest absolute Gasteiger partial charge is 0.160 e. The zero-order chi connectivity index (χ0) is 12.4. The second-order valence-electron chi connectivity index (χ2n) is 4.39. The molecule has 0 saturated carbocycles. The first-order chi connectivity index (χ1) is 8.08. The molecule has 2 nitrogen and oxygen atoms in total. The highest BCUT2D eigenvalue weighted by molar-refractivity contribution is 6.31. The Morgan fingerprint density at radius 2 is 2.12 bits per heavy atom. The zero-order valence-electron chi connectivity index (χ0n) is 9.53. The van der Waals surface area contributed by atoms with Crippen LogP contribution in [0.4, 0.5) is 4.39 Å². The summed E-state index contributed by atoms with van der Waals surface area (Å²) in [4.78, 5) is 12.1. The summed E-state index contributed by atoms with van der Waals surface area (Å²) in [5.41, 5.74) is 0.637. The maximum atomic E-state index is 12.8. The number of hydrogen-bond donors (Lipinski definition) is 0. The van der Waals surface area contributed by atoms with Crippen LogP contribution in [-0.4, -0.2) is 18.5 Å². The Hall–Kier alpha value is -0.930. The quantitative estimate of drug-likeness (QED) is 0.777. The largest absolute Gasteiger partial charge is 0.378 e. The van der Waals surface area contributed by atoms with Gasteiger partial charge in [-0.2, -0.15) is 0 Å².